The van der Waals surface area contributed by atoms with E-state index >= 15 is 0 Å². The number of imide groups is 1. The molecule has 0 unspecified atom stereocenters. The molecule has 0 spiro atoms. The van der Waals surface area contributed by atoms with Gasteiger partial charge in [0.1, 0.15) is 5.60 Å². The van der Waals surface area contributed by atoms with Gasteiger partial charge >= 0.3 is 11.9 Å². The third-order valence-corrected chi connectivity index (χ3v) is 6.03. The van der Waals surface area contributed by atoms with Crippen LogP contribution >= 0.6 is 0 Å². The Balaban J connectivity index is 1.80. The summed E-state index contributed by atoms with van der Waals surface area (Å²) in [5, 5.41) is 6.01. The van der Waals surface area contributed by atoms with Gasteiger partial charge in [0, 0.05) is 58.4 Å². The van der Waals surface area contributed by atoms with E-state index in [2.05, 4.69) is 10.6 Å². The average Bonchev–Trinajstić information content (AvgIpc) is 3.26. The Bertz CT molecular complexity index is 889. The Morgan fingerprint density at radius 1 is 0.614 bits per heavy atom. The van der Waals surface area contributed by atoms with Crippen molar-refractivity contribution in [1.29, 1.82) is 0 Å². The molecule has 0 bridgehead atoms. The van der Waals surface area contributed by atoms with Crippen LogP contribution in [0.15, 0.2) is 0 Å². The minimum absolute atomic E-state index is 0.0174. The molecule has 1 saturated heterocycles. The maximum Gasteiger partial charge on any atom is 0.333 e. The van der Waals surface area contributed by atoms with E-state index in [-0.39, 0.29) is 43.5 Å². The van der Waals surface area contributed by atoms with Gasteiger partial charge in [0.05, 0.1) is 32.8 Å². The van der Waals surface area contributed by atoms with E-state index in [9.17, 15) is 28.8 Å². The second-order valence-electron chi connectivity index (χ2n) is 11.3. The lowest BCUT2D eigenvalue weighted by Gasteiger charge is -2.19. The highest BCUT2D eigenvalue weighted by atomic mass is 16.7. The molecule has 0 aromatic heterocycles. The number of carbonyl (C=O) groups is 6. The molecule has 14 heteroatoms. The van der Waals surface area contributed by atoms with Gasteiger partial charge in [0.25, 0.3) is 11.8 Å². The fourth-order valence-corrected chi connectivity index (χ4v) is 3.84. The standard InChI is InChI=1S/C30H51N3O11/c1-30(2,3)43-28(38)11-7-5-4-6-10-24(34)31-16-8-18-40-20-22-42-23-21-41-19-9-17-32-25(35)12-15-29(39)44-33-26(36)13-14-27(33)37/h4-23H2,1-3H3,(H,31,34)(H,32,35). The molecule has 1 aliphatic heterocycles. The molecule has 4 amide bonds. The van der Waals surface area contributed by atoms with Gasteiger partial charge in [-0.3, -0.25) is 24.0 Å². The lowest BCUT2D eigenvalue weighted by molar-refractivity contribution is -0.197. The van der Waals surface area contributed by atoms with Crippen LogP contribution in [0.5, 0.6) is 0 Å². The molecule has 0 aromatic rings. The summed E-state index contributed by atoms with van der Waals surface area (Å²) in [6, 6.07) is 0. The SMILES string of the molecule is CC(C)(C)OC(=O)CCCCCCC(=O)NCCCOCCOCCOCCCNC(=O)CCC(=O)ON1C(=O)CCC1=O. The smallest absolute Gasteiger partial charge is 0.333 e. The number of hydrogen-bond acceptors (Lipinski definition) is 11. The third-order valence-electron chi connectivity index (χ3n) is 6.03. The fourth-order valence-electron chi connectivity index (χ4n) is 3.84. The van der Waals surface area contributed by atoms with Gasteiger partial charge in [0.15, 0.2) is 0 Å². The molecule has 1 fully saturated rings. The van der Waals surface area contributed by atoms with Gasteiger partial charge in [-0.05, 0) is 46.5 Å². The van der Waals surface area contributed by atoms with Gasteiger partial charge < -0.3 is 34.4 Å². The summed E-state index contributed by atoms with van der Waals surface area (Å²) in [5.41, 5.74) is -0.452. The Kier molecular flexibility index (Phi) is 20.6. The van der Waals surface area contributed by atoms with Crippen LogP contribution in [0.3, 0.4) is 0 Å². The topological polar surface area (TPSA) is 176 Å². The molecule has 2 N–H and O–H groups in total. The molecule has 1 heterocycles. The zero-order valence-electron chi connectivity index (χ0n) is 26.6. The molecule has 1 rings (SSSR count). The highest BCUT2D eigenvalue weighted by Crippen LogP contribution is 2.13. The van der Waals surface area contributed by atoms with Crippen molar-refractivity contribution in [2.24, 2.45) is 0 Å². The number of nitrogens with zero attached hydrogens (tertiary/aromatic N) is 1. The van der Waals surface area contributed by atoms with E-state index in [1.165, 1.54) is 0 Å². The molecule has 14 nitrogen and oxygen atoms in total. The monoisotopic (exact) mass is 629 g/mol. The first-order valence-corrected chi connectivity index (χ1v) is 15.5. The molecule has 0 radical (unpaired) electrons. The summed E-state index contributed by atoms with van der Waals surface area (Å²) >= 11 is 0. The Labute approximate surface area is 260 Å². The van der Waals surface area contributed by atoms with Crippen LogP contribution < -0.4 is 10.6 Å². The summed E-state index contributed by atoms with van der Waals surface area (Å²) in [7, 11) is 0. The number of ether oxygens (including phenoxy) is 4. The average molecular weight is 630 g/mol. The van der Waals surface area contributed by atoms with E-state index in [1.807, 2.05) is 20.8 Å². The lowest BCUT2D eigenvalue weighted by Crippen LogP contribution is -2.32. The predicted molar refractivity (Wildman–Crippen MR) is 158 cm³/mol. The predicted octanol–water partition coefficient (Wildman–Crippen LogP) is 2.12. The van der Waals surface area contributed by atoms with Crippen molar-refractivity contribution < 1.29 is 52.6 Å². The Hall–Kier alpha value is -3.10. The second kappa shape index (κ2) is 23.3. The van der Waals surface area contributed by atoms with Crippen molar-refractivity contribution in [3.63, 3.8) is 0 Å². The summed E-state index contributed by atoms with van der Waals surface area (Å²) in [4.78, 5) is 74.6. The van der Waals surface area contributed by atoms with Gasteiger partial charge in [-0.25, -0.2) is 4.79 Å². The number of esters is 1. The van der Waals surface area contributed by atoms with Crippen molar-refractivity contribution in [1.82, 2.24) is 15.7 Å². The maximum absolute atomic E-state index is 11.9. The molecular formula is C30H51N3O11. The van der Waals surface area contributed by atoms with Crippen LogP contribution in [0.2, 0.25) is 0 Å². The zero-order chi connectivity index (χ0) is 32.6. The van der Waals surface area contributed by atoms with Crippen LogP contribution in [0.25, 0.3) is 0 Å². The Morgan fingerprint density at radius 2 is 1.09 bits per heavy atom. The largest absolute Gasteiger partial charge is 0.460 e. The number of hydroxylamine groups is 2. The summed E-state index contributed by atoms with van der Waals surface area (Å²) < 4.78 is 21.7. The second-order valence-corrected chi connectivity index (χ2v) is 11.3. The molecule has 0 saturated carbocycles. The third kappa shape index (κ3) is 21.6. The highest BCUT2D eigenvalue weighted by molar-refractivity contribution is 6.01. The van der Waals surface area contributed by atoms with E-state index in [0.717, 1.165) is 25.7 Å². The van der Waals surface area contributed by atoms with Crippen LogP contribution in [-0.4, -0.2) is 99.0 Å². The molecular weight excluding hydrogens is 578 g/mol. The molecule has 0 aliphatic carbocycles. The van der Waals surface area contributed by atoms with Crippen LogP contribution in [0, 0.1) is 0 Å². The van der Waals surface area contributed by atoms with E-state index in [1.54, 1.807) is 0 Å². The Morgan fingerprint density at radius 3 is 1.61 bits per heavy atom. The first-order valence-electron chi connectivity index (χ1n) is 15.5. The van der Waals surface area contributed by atoms with Gasteiger partial charge in [-0.15, -0.1) is 5.06 Å². The summed E-state index contributed by atoms with van der Waals surface area (Å²) in [5.74, 6) is -2.42. The number of unbranched alkanes of at least 4 members (excludes halogenated alkanes) is 3. The minimum Gasteiger partial charge on any atom is -0.460 e. The lowest BCUT2D eigenvalue weighted by atomic mass is 10.1. The summed E-state index contributed by atoms with van der Waals surface area (Å²) in [6.07, 6.45) is 5.24. The van der Waals surface area contributed by atoms with Crippen molar-refractivity contribution in [3.8, 4) is 0 Å². The number of nitrogens with one attached hydrogen (secondary N) is 2. The highest BCUT2D eigenvalue weighted by Gasteiger charge is 2.32. The van der Waals surface area contributed by atoms with Crippen molar-refractivity contribution >= 4 is 35.6 Å². The quantitative estimate of drug-likeness (QED) is 0.0859. The number of carbonyl (C=O) groups excluding carboxylic acids is 6. The zero-order valence-corrected chi connectivity index (χ0v) is 26.6. The molecule has 0 aromatic carbocycles. The van der Waals surface area contributed by atoms with Crippen LogP contribution in [0.4, 0.5) is 0 Å². The summed E-state index contributed by atoms with van der Waals surface area (Å²) in [6.45, 7) is 9.15. The van der Waals surface area contributed by atoms with Gasteiger partial charge in [0.2, 0.25) is 11.8 Å². The van der Waals surface area contributed by atoms with Gasteiger partial charge in [-0.1, -0.05) is 12.8 Å². The minimum atomic E-state index is -0.810. The first-order chi connectivity index (χ1) is 21.0. The van der Waals surface area contributed by atoms with Crippen LogP contribution in [-0.2, 0) is 52.6 Å². The van der Waals surface area contributed by atoms with E-state index in [0.29, 0.717) is 83.5 Å². The number of rotatable bonds is 25. The van der Waals surface area contributed by atoms with Crippen molar-refractivity contribution in [2.75, 3.05) is 52.7 Å². The molecule has 0 atom stereocenters. The number of hydrogen-bond donors (Lipinski definition) is 2. The molecule has 44 heavy (non-hydrogen) atoms. The number of amides is 4. The van der Waals surface area contributed by atoms with E-state index < -0.39 is 23.4 Å². The van der Waals surface area contributed by atoms with E-state index in [4.69, 9.17) is 23.8 Å². The molecule has 252 valence electrons. The fraction of sp³-hybridized carbons (Fsp3) is 0.800. The first kappa shape index (κ1) is 38.9. The van der Waals surface area contributed by atoms with Gasteiger partial charge in [-0.2, -0.15) is 0 Å². The molecule has 1 aliphatic rings. The maximum atomic E-state index is 11.9. The van der Waals surface area contributed by atoms with Crippen molar-refractivity contribution in [3.05, 3.63) is 0 Å². The van der Waals surface area contributed by atoms with Crippen molar-refractivity contribution in [2.45, 2.75) is 103 Å². The van der Waals surface area contributed by atoms with Crippen LogP contribution in [0.1, 0.15) is 97.8 Å². The normalized spacial score (nSPS) is 13.2.